The Labute approximate surface area is 116 Å². The fourth-order valence-corrected chi connectivity index (χ4v) is 1.32. The SMILES string of the molecule is COC(=O)CCCN(C)C(=O)N[C@H](CC(N)=O)C(=O)O. The molecule has 20 heavy (non-hydrogen) atoms. The number of carbonyl (C=O) groups is 4. The molecule has 0 aromatic rings. The van der Waals surface area contributed by atoms with E-state index in [2.05, 4.69) is 10.1 Å². The summed E-state index contributed by atoms with van der Waals surface area (Å²) < 4.78 is 4.45. The average molecular weight is 289 g/mol. The summed E-state index contributed by atoms with van der Waals surface area (Å²) in [6, 6.07) is -2.04. The van der Waals surface area contributed by atoms with Gasteiger partial charge in [-0.15, -0.1) is 0 Å². The Morgan fingerprint density at radius 3 is 2.40 bits per heavy atom. The predicted molar refractivity (Wildman–Crippen MR) is 67.6 cm³/mol. The van der Waals surface area contributed by atoms with E-state index in [1.807, 2.05) is 0 Å². The lowest BCUT2D eigenvalue weighted by atomic mass is 10.2. The zero-order valence-corrected chi connectivity index (χ0v) is 11.4. The molecule has 9 nitrogen and oxygen atoms in total. The lowest BCUT2D eigenvalue weighted by Gasteiger charge is -2.20. The van der Waals surface area contributed by atoms with Gasteiger partial charge in [-0.05, 0) is 6.42 Å². The molecule has 0 spiro atoms. The third-order valence-electron chi connectivity index (χ3n) is 2.45. The summed E-state index contributed by atoms with van der Waals surface area (Å²) >= 11 is 0. The summed E-state index contributed by atoms with van der Waals surface area (Å²) in [7, 11) is 2.70. The van der Waals surface area contributed by atoms with Crippen LogP contribution in [0, 0.1) is 0 Å². The van der Waals surface area contributed by atoms with Crippen molar-refractivity contribution < 1.29 is 29.0 Å². The molecule has 0 aromatic carbocycles. The van der Waals surface area contributed by atoms with E-state index in [0.717, 1.165) is 0 Å². The molecule has 4 N–H and O–H groups in total. The number of urea groups is 1. The minimum atomic E-state index is -1.37. The number of nitrogens with one attached hydrogen (secondary N) is 1. The molecule has 0 heterocycles. The van der Waals surface area contributed by atoms with Crippen LogP contribution in [0.1, 0.15) is 19.3 Å². The highest BCUT2D eigenvalue weighted by atomic mass is 16.5. The van der Waals surface area contributed by atoms with Crippen LogP contribution in [0.3, 0.4) is 0 Å². The van der Waals surface area contributed by atoms with Gasteiger partial charge < -0.3 is 25.8 Å². The fourth-order valence-electron chi connectivity index (χ4n) is 1.32. The van der Waals surface area contributed by atoms with Crippen LogP contribution in [-0.2, 0) is 19.1 Å². The first-order valence-electron chi connectivity index (χ1n) is 5.87. The zero-order valence-electron chi connectivity index (χ0n) is 11.4. The van der Waals surface area contributed by atoms with Crippen molar-refractivity contribution in [3.8, 4) is 0 Å². The number of carboxylic acid groups (broad SMARTS) is 1. The molecule has 0 bridgehead atoms. The molecule has 0 radical (unpaired) electrons. The number of rotatable bonds is 8. The Bertz CT molecular complexity index is 384. The number of esters is 1. The van der Waals surface area contributed by atoms with Gasteiger partial charge in [-0.25, -0.2) is 9.59 Å². The summed E-state index contributed by atoms with van der Waals surface area (Å²) in [6.07, 6.45) is 0.0407. The van der Waals surface area contributed by atoms with Gasteiger partial charge in [-0.3, -0.25) is 9.59 Å². The average Bonchev–Trinajstić information content (AvgIpc) is 2.36. The summed E-state index contributed by atoms with van der Waals surface area (Å²) in [6.45, 7) is 0.240. The van der Waals surface area contributed by atoms with Crippen molar-refractivity contribution >= 4 is 23.9 Å². The van der Waals surface area contributed by atoms with Crippen molar-refractivity contribution in [1.29, 1.82) is 0 Å². The van der Waals surface area contributed by atoms with Gasteiger partial charge in [0, 0.05) is 20.0 Å². The second-order valence-corrected chi connectivity index (χ2v) is 4.11. The summed E-state index contributed by atoms with van der Waals surface area (Å²) in [5, 5.41) is 11.0. The lowest BCUT2D eigenvalue weighted by molar-refractivity contribution is -0.141. The Balaban J connectivity index is 4.25. The first-order valence-corrected chi connectivity index (χ1v) is 5.87. The first-order chi connectivity index (χ1) is 9.27. The maximum Gasteiger partial charge on any atom is 0.326 e. The van der Waals surface area contributed by atoms with Crippen LogP contribution in [0.2, 0.25) is 0 Å². The van der Waals surface area contributed by atoms with Gasteiger partial charge in [0.05, 0.1) is 13.5 Å². The number of amides is 3. The number of hydrogen-bond donors (Lipinski definition) is 3. The van der Waals surface area contributed by atoms with E-state index in [-0.39, 0.29) is 13.0 Å². The van der Waals surface area contributed by atoms with Crippen molar-refractivity contribution in [2.24, 2.45) is 5.73 Å². The molecule has 0 aliphatic rings. The molecule has 0 saturated carbocycles. The van der Waals surface area contributed by atoms with Gasteiger partial charge in [0.25, 0.3) is 0 Å². The van der Waals surface area contributed by atoms with Crippen LogP contribution in [0.15, 0.2) is 0 Å². The number of hydrogen-bond acceptors (Lipinski definition) is 5. The molecule has 9 heteroatoms. The second kappa shape index (κ2) is 8.73. The molecule has 1 atom stereocenters. The van der Waals surface area contributed by atoms with Gasteiger partial charge in [-0.1, -0.05) is 0 Å². The number of ether oxygens (including phenoxy) is 1. The van der Waals surface area contributed by atoms with Crippen molar-refractivity contribution in [2.45, 2.75) is 25.3 Å². The van der Waals surface area contributed by atoms with Crippen LogP contribution in [0.5, 0.6) is 0 Å². The monoisotopic (exact) mass is 289 g/mol. The molecule has 0 unspecified atom stereocenters. The molecular formula is C11H19N3O6. The highest BCUT2D eigenvalue weighted by Gasteiger charge is 2.23. The molecule has 0 rings (SSSR count). The van der Waals surface area contributed by atoms with E-state index in [0.29, 0.717) is 6.42 Å². The van der Waals surface area contributed by atoms with Crippen LogP contribution >= 0.6 is 0 Å². The number of methoxy groups -OCH3 is 1. The zero-order chi connectivity index (χ0) is 15.7. The maximum absolute atomic E-state index is 11.7. The van der Waals surface area contributed by atoms with Gasteiger partial charge in [0.1, 0.15) is 6.04 Å². The van der Waals surface area contributed by atoms with Crippen LogP contribution in [0.25, 0.3) is 0 Å². The minimum Gasteiger partial charge on any atom is -0.480 e. The van der Waals surface area contributed by atoms with Crippen molar-refractivity contribution in [1.82, 2.24) is 10.2 Å². The Morgan fingerprint density at radius 2 is 1.95 bits per heavy atom. The van der Waals surface area contributed by atoms with Crippen LogP contribution in [0.4, 0.5) is 4.79 Å². The topological polar surface area (TPSA) is 139 Å². The smallest absolute Gasteiger partial charge is 0.326 e. The summed E-state index contributed by atoms with van der Waals surface area (Å²) in [5.74, 6) is -2.57. The van der Waals surface area contributed by atoms with Gasteiger partial charge >= 0.3 is 18.0 Å². The van der Waals surface area contributed by atoms with E-state index >= 15 is 0 Å². The molecule has 0 aromatic heterocycles. The molecule has 114 valence electrons. The Morgan fingerprint density at radius 1 is 1.35 bits per heavy atom. The largest absolute Gasteiger partial charge is 0.480 e. The maximum atomic E-state index is 11.7. The Kier molecular flexibility index (Phi) is 7.71. The van der Waals surface area contributed by atoms with Gasteiger partial charge in [0.15, 0.2) is 0 Å². The molecule has 0 saturated heterocycles. The number of carbonyl (C=O) groups excluding carboxylic acids is 3. The number of nitrogens with zero attached hydrogens (tertiary/aromatic N) is 1. The molecule has 0 aliphatic heterocycles. The lowest BCUT2D eigenvalue weighted by Crippen LogP contribution is -2.48. The van der Waals surface area contributed by atoms with E-state index in [9.17, 15) is 19.2 Å². The van der Waals surface area contributed by atoms with E-state index in [1.165, 1.54) is 19.1 Å². The summed E-state index contributed by atoms with van der Waals surface area (Å²) in [5.41, 5.74) is 4.89. The molecule has 0 fully saturated rings. The highest BCUT2D eigenvalue weighted by molar-refractivity contribution is 5.87. The molecule has 0 aliphatic carbocycles. The number of nitrogens with two attached hydrogens (primary N) is 1. The minimum absolute atomic E-state index is 0.151. The van der Waals surface area contributed by atoms with E-state index in [1.54, 1.807) is 0 Å². The molecular weight excluding hydrogens is 270 g/mol. The summed E-state index contributed by atoms with van der Waals surface area (Å²) in [4.78, 5) is 45.3. The Hall–Kier alpha value is -2.32. The third kappa shape index (κ3) is 7.19. The standard InChI is InChI=1S/C11H19N3O6/c1-14(5-3-4-9(16)20-2)11(19)13-7(10(17)18)6-8(12)15/h7H,3-6H2,1-2H3,(H2,12,15)(H,13,19)(H,17,18)/t7-/m1/s1. The molecule has 3 amide bonds. The second-order valence-electron chi connectivity index (χ2n) is 4.11. The van der Waals surface area contributed by atoms with Crippen molar-refractivity contribution in [3.05, 3.63) is 0 Å². The van der Waals surface area contributed by atoms with Gasteiger partial charge in [-0.2, -0.15) is 0 Å². The van der Waals surface area contributed by atoms with Crippen LogP contribution < -0.4 is 11.1 Å². The highest BCUT2D eigenvalue weighted by Crippen LogP contribution is 1.98. The third-order valence-corrected chi connectivity index (χ3v) is 2.45. The number of carboxylic acids is 1. The van der Waals surface area contributed by atoms with E-state index < -0.39 is 36.3 Å². The van der Waals surface area contributed by atoms with Crippen molar-refractivity contribution in [3.63, 3.8) is 0 Å². The number of aliphatic carboxylic acids is 1. The van der Waals surface area contributed by atoms with E-state index in [4.69, 9.17) is 10.8 Å². The van der Waals surface area contributed by atoms with Crippen LogP contribution in [-0.4, -0.2) is 60.6 Å². The van der Waals surface area contributed by atoms with Crippen molar-refractivity contribution in [2.75, 3.05) is 20.7 Å². The fraction of sp³-hybridized carbons (Fsp3) is 0.636. The quantitative estimate of drug-likeness (QED) is 0.485. The van der Waals surface area contributed by atoms with Gasteiger partial charge in [0.2, 0.25) is 5.91 Å². The number of primary amides is 1. The first kappa shape index (κ1) is 17.7. The normalized spacial score (nSPS) is 11.3. The predicted octanol–water partition coefficient (Wildman–Crippen LogP) is -1.09.